The maximum atomic E-state index is 13.3. The molecule has 0 aromatic heterocycles. The van der Waals surface area contributed by atoms with Crippen LogP contribution in [0.2, 0.25) is 5.02 Å². The third-order valence-corrected chi connectivity index (χ3v) is 5.43. The van der Waals surface area contributed by atoms with Crippen molar-refractivity contribution in [1.29, 1.82) is 0 Å². The Morgan fingerprint density at radius 2 is 1.71 bits per heavy atom. The van der Waals surface area contributed by atoms with Crippen LogP contribution < -0.4 is 20.5 Å². The van der Waals surface area contributed by atoms with E-state index in [1.807, 2.05) is 18.2 Å². The molecule has 7 nitrogen and oxygen atoms in total. The summed E-state index contributed by atoms with van der Waals surface area (Å²) in [6.07, 6.45) is 0.657. The highest BCUT2D eigenvalue weighted by atomic mass is 35.5. The molecule has 2 amide bonds. The summed E-state index contributed by atoms with van der Waals surface area (Å²) in [5, 5.41) is 3.37. The van der Waals surface area contributed by atoms with E-state index < -0.39 is 0 Å². The van der Waals surface area contributed by atoms with Gasteiger partial charge in [-0.25, -0.2) is 0 Å². The quantitative estimate of drug-likeness (QED) is 0.441. The number of nitrogens with zero attached hydrogens (tertiary/aromatic N) is 1. The molecule has 0 aliphatic heterocycles. The average Bonchev–Trinajstić information content (AvgIpc) is 2.85. The third-order valence-electron chi connectivity index (χ3n) is 5.19. The van der Waals surface area contributed by atoms with Gasteiger partial charge >= 0.3 is 0 Å². The van der Waals surface area contributed by atoms with Gasteiger partial charge in [-0.1, -0.05) is 29.8 Å². The van der Waals surface area contributed by atoms with Gasteiger partial charge in [0.15, 0.2) is 11.5 Å². The molecule has 178 valence electrons. The van der Waals surface area contributed by atoms with Gasteiger partial charge in [-0.3, -0.25) is 9.59 Å². The first-order valence-corrected chi connectivity index (χ1v) is 11.2. The van der Waals surface area contributed by atoms with E-state index in [1.165, 1.54) is 7.11 Å². The lowest BCUT2D eigenvalue weighted by Crippen LogP contribution is -2.32. The van der Waals surface area contributed by atoms with Crippen molar-refractivity contribution in [3.05, 3.63) is 88.4 Å². The molecule has 0 aliphatic carbocycles. The molecule has 0 fully saturated rings. The minimum absolute atomic E-state index is 0.150. The molecule has 0 spiro atoms. The minimum Gasteiger partial charge on any atom is -0.493 e. The Hall–Kier alpha value is -3.55. The van der Waals surface area contributed by atoms with Gasteiger partial charge in [-0.15, -0.1) is 0 Å². The van der Waals surface area contributed by atoms with E-state index in [0.717, 1.165) is 5.56 Å². The molecule has 0 radical (unpaired) electrons. The van der Waals surface area contributed by atoms with Crippen LogP contribution in [0.4, 0.5) is 5.69 Å². The van der Waals surface area contributed by atoms with Crippen LogP contribution in [0.15, 0.2) is 66.7 Å². The van der Waals surface area contributed by atoms with Crippen molar-refractivity contribution >= 4 is 29.1 Å². The van der Waals surface area contributed by atoms with Crippen LogP contribution in [-0.2, 0) is 6.54 Å². The van der Waals surface area contributed by atoms with Gasteiger partial charge in [0, 0.05) is 34.9 Å². The van der Waals surface area contributed by atoms with Gasteiger partial charge in [-0.05, 0) is 67.1 Å². The molecule has 0 atom stereocenters. The van der Waals surface area contributed by atoms with Crippen molar-refractivity contribution in [1.82, 2.24) is 4.90 Å². The van der Waals surface area contributed by atoms with Gasteiger partial charge in [0.25, 0.3) is 11.8 Å². The van der Waals surface area contributed by atoms with Crippen molar-refractivity contribution in [3.63, 3.8) is 0 Å². The van der Waals surface area contributed by atoms with Crippen molar-refractivity contribution in [3.8, 4) is 11.5 Å². The van der Waals surface area contributed by atoms with Crippen molar-refractivity contribution in [2.24, 2.45) is 5.73 Å². The molecule has 0 unspecified atom stereocenters. The fraction of sp³-hybridized carbons (Fsp3) is 0.231. The number of rotatable bonds is 10. The van der Waals surface area contributed by atoms with Crippen LogP contribution in [0.1, 0.15) is 32.7 Å². The second kappa shape index (κ2) is 12.1. The minimum atomic E-state index is -0.263. The first-order valence-electron chi connectivity index (χ1n) is 10.8. The highest BCUT2D eigenvalue weighted by Crippen LogP contribution is 2.28. The Labute approximate surface area is 204 Å². The molecule has 0 aliphatic rings. The second-order valence-corrected chi connectivity index (χ2v) is 8.04. The molecule has 0 saturated carbocycles. The van der Waals surface area contributed by atoms with Crippen molar-refractivity contribution in [2.75, 3.05) is 32.6 Å². The van der Waals surface area contributed by atoms with Crippen molar-refractivity contribution in [2.45, 2.75) is 13.0 Å². The number of nitrogens with one attached hydrogen (secondary N) is 1. The zero-order valence-electron chi connectivity index (χ0n) is 19.2. The monoisotopic (exact) mass is 481 g/mol. The number of benzene rings is 3. The first-order chi connectivity index (χ1) is 16.4. The van der Waals surface area contributed by atoms with E-state index in [4.69, 9.17) is 26.8 Å². The fourth-order valence-corrected chi connectivity index (χ4v) is 3.68. The Balaban J connectivity index is 1.78. The lowest BCUT2D eigenvalue weighted by Gasteiger charge is -2.23. The number of carbonyl (C=O) groups excluding carboxylic acids is 2. The third kappa shape index (κ3) is 6.50. The number of anilines is 1. The summed E-state index contributed by atoms with van der Waals surface area (Å²) in [5.41, 5.74) is 8.15. The Morgan fingerprint density at radius 1 is 0.941 bits per heavy atom. The van der Waals surface area contributed by atoms with Gasteiger partial charge in [0.2, 0.25) is 0 Å². The van der Waals surface area contributed by atoms with Crippen LogP contribution in [-0.4, -0.2) is 44.0 Å². The maximum Gasteiger partial charge on any atom is 0.255 e. The van der Waals surface area contributed by atoms with E-state index in [9.17, 15) is 9.59 Å². The van der Waals surface area contributed by atoms with E-state index in [0.29, 0.717) is 59.4 Å². The number of amides is 2. The molecule has 0 heterocycles. The smallest absolute Gasteiger partial charge is 0.255 e. The zero-order chi connectivity index (χ0) is 24.5. The Morgan fingerprint density at radius 3 is 2.41 bits per heavy atom. The summed E-state index contributed by atoms with van der Waals surface area (Å²) in [7, 11) is 3.08. The Bertz CT molecular complexity index is 1150. The summed E-state index contributed by atoms with van der Waals surface area (Å²) < 4.78 is 10.6. The highest BCUT2D eigenvalue weighted by molar-refractivity contribution is 6.31. The van der Waals surface area contributed by atoms with E-state index in [1.54, 1.807) is 60.5 Å². The van der Waals surface area contributed by atoms with Crippen LogP contribution in [0.5, 0.6) is 11.5 Å². The lowest BCUT2D eigenvalue weighted by molar-refractivity contribution is 0.0741. The number of methoxy groups -OCH3 is 2. The summed E-state index contributed by atoms with van der Waals surface area (Å²) in [6, 6.07) is 19.2. The van der Waals surface area contributed by atoms with E-state index in [2.05, 4.69) is 5.32 Å². The van der Waals surface area contributed by atoms with E-state index >= 15 is 0 Å². The molecule has 3 rings (SSSR count). The summed E-state index contributed by atoms with van der Waals surface area (Å²) in [6.45, 7) is 1.31. The normalized spacial score (nSPS) is 10.5. The second-order valence-electron chi connectivity index (χ2n) is 7.60. The lowest BCUT2D eigenvalue weighted by atomic mass is 10.1. The molecule has 3 aromatic rings. The van der Waals surface area contributed by atoms with Gasteiger partial charge < -0.3 is 25.4 Å². The number of carbonyl (C=O) groups is 2. The largest absolute Gasteiger partial charge is 0.493 e. The Kier molecular flexibility index (Phi) is 8.90. The topological polar surface area (TPSA) is 93.9 Å². The average molecular weight is 482 g/mol. The number of hydrogen-bond acceptors (Lipinski definition) is 5. The fourth-order valence-electron chi connectivity index (χ4n) is 3.49. The predicted molar refractivity (Wildman–Crippen MR) is 134 cm³/mol. The van der Waals surface area contributed by atoms with Gasteiger partial charge in [-0.2, -0.15) is 0 Å². The number of halogens is 1. The van der Waals surface area contributed by atoms with Crippen molar-refractivity contribution < 1.29 is 19.1 Å². The molecule has 34 heavy (non-hydrogen) atoms. The van der Waals surface area contributed by atoms with Crippen LogP contribution in [0.25, 0.3) is 0 Å². The molecule has 3 aromatic carbocycles. The highest BCUT2D eigenvalue weighted by Gasteiger charge is 2.18. The number of hydrogen-bond donors (Lipinski definition) is 2. The molecule has 3 N–H and O–H groups in total. The molecule has 8 heteroatoms. The molecular weight excluding hydrogens is 454 g/mol. The molecular formula is C26H28ClN3O4. The van der Waals surface area contributed by atoms with Crippen LogP contribution in [0.3, 0.4) is 0 Å². The number of nitrogens with two attached hydrogens (primary N) is 1. The van der Waals surface area contributed by atoms with Crippen LogP contribution in [0, 0.1) is 0 Å². The number of ether oxygens (including phenoxy) is 2. The summed E-state index contributed by atoms with van der Waals surface area (Å²) >= 11 is 5.99. The summed E-state index contributed by atoms with van der Waals surface area (Å²) in [4.78, 5) is 27.6. The molecule has 0 saturated heterocycles. The van der Waals surface area contributed by atoms with Gasteiger partial charge in [0.05, 0.1) is 14.2 Å². The van der Waals surface area contributed by atoms with Gasteiger partial charge in [0.1, 0.15) is 0 Å². The SMILES string of the molecule is COc1ccc(C(=O)N(CCCN)Cc2cccc(NC(=O)c3cccc(Cl)c3)c2)cc1OC. The maximum absolute atomic E-state index is 13.3. The van der Waals surface area contributed by atoms with Crippen LogP contribution >= 0.6 is 11.6 Å². The summed E-state index contributed by atoms with van der Waals surface area (Å²) in [5.74, 6) is 0.623. The first kappa shape index (κ1) is 25.1. The van der Waals surface area contributed by atoms with E-state index in [-0.39, 0.29) is 11.8 Å². The zero-order valence-corrected chi connectivity index (χ0v) is 20.0. The predicted octanol–water partition coefficient (Wildman–Crippen LogP) is 4.60. The standard InChI is InChI=1S/C26H28ClN3O4/c1-33-23-11-10-20(16-24(23)34-2)26(32)30(13-5-12-28)17-18-6-3-9-22(14-18)29-25(31)19-7-4-8-21(27)15-19/h3-4,6-11,14-16H,5,12-13,17,28H2,1-2H3,(H,29,31). The molecule has 0 bridgehead atoms.